The highest BCUT2D eigenvalue weighted by Crippen LogP contribution is 2.26. The molecule has 0 spiro atoms. The zero-order chi connectivity index (χ0) is 15.9. The first-order valence-corrected chi connectivity index (χ1v) is 8.62. The van der Waals surface area contributed by atoms with Crippen molar-refractivity contribution < 1.29 is 8.42 Å². The zero-order valence-corrected chi connectivity index (χ0v) is 12.9. The minimum absolute atomic E-state index is 0.0781. The maximum absolute atomic E-state index is 12.7. The molecule has 1 aromatic heterocycles. The first kappa shape index (κ1) is 15.0. The van der Waals surface area contributed by atoms with Crippen LogP contribution in [0.4, 0.5) is 0 Å². The van der Waals surface area contributed by atoms with E-state index in [4.69, 9.17) is 0 Å². The highest BCUT2D eigenvalue weighted by Gasteiger charge is 2.31. The lowest BCUT2D eigenvalue weighted by Gasteiger charge is -2.16. The number of H-pyrrole nitrogens is 2. The number of nitrogens with zero attached hydrogens (tertiary/aromatic N) is 1. The van der Waals surface area contributed by atoms with Gasteiger partial charge in [0.1, 0.15) is 0 Å². The van der Waals surface area contributed by atoms with Crippen LogP contribution >= 0.6 is 0 Å². The average Bonchev–Trinajstić information content (AvgIpc) is 2.96. The Morgan fingerprint density at radius 1 is 1.27 bits per heavy atom. The minimum atomic E-state index is -3.61. The predicted molar refractivity (Wildman–Crippen MR) is 82.3 cm³/mol. The van der Waals surface area contributed by atoms with Crippen molar-refractivity contribution in [1.82, 2.24) is 14.3 Å². The number of aromatic nitrogens is 2. The summed E-state index contributed by atoms with van der Waals surface area (Å²) < 4.78 is 26.8. The van der Waals surface area contributed by atoms with Gasteiger partial charge in [-0.1, -0.05) is 13.3 Å². The van der Waals surface area contributed by atoms with Crippen molar-refractivity contribution in [3.8, 4) is 0 Å². The molecule has 3 rings (SSSR count). The van der Waals surface area contributed by atoms with Crippen molar-refractivity contribution in [3.63, 3.8) is 0 Å². The molecule has 0 bridgehead atoms. The van der Waals surface area contributed by atoms with Crippen LogP contribution in [0.5, 0.6) is 0 Å². The van der Waals surface area contributed by atoms with Crippen LogP contribution in [0.2, 0.25) is 0 Å². The molecular weight excluding hydrogens is 306 g/mol. The average molecular weight is 323 g/mol. The molecule has 1 unspecified atom stereocenters. The van der Waals surface area contributed by atoms with E-state index in [9.17, 15) is 18.0 Å². The summed E-state index contributed by atoms with van der Waals surface area (Å²) in [6, 6.07) is 4.19. The van der Waals surface area contributed by atoms with E-state index in [-0.39, 0.29) is 10.3 Å². The van der Waals surface area contributed by atoms with Gasteiger partial charge in [-0.2, -0.15) is 4.31 Å². The number of nitrogens with one attached hydrogen (secondary N) is 2. The molecule has 22 heavy (non-hydrogen) atoms. The monoisotopic (exact) mass is 323 g/mol. The zero-order valence-electron chi connectivity index (χ0n) is 12.1. The van der Waals surface area contributed by atoms with E-state index in [1.54, 1.807) is 0 Å². The SMILES string of the molecule is CCC1CCN(S(=O)(=O)c2ccc3[nH]c(=O)[nH]c(=O)c3c2)C1. The maximum Gasteiger partial charge on any atom is 0.326 e. The second-order valence-electron chi connectivity index (χ2n) is 5.54. The highest BCUT2D eigenvalue weighted by molar-refractivity contribution is 7.89. The third-order valence-electron chi connectivity index (χ3n) is 4.17. The molecule has 0 amide bonds. The third kappa shape index (κ3) is 2.48. The third-order valence-corrected chi connectivity index (χ3v) is 6.04. The number of hydrogen-bond acceptors (Lipinski definition) is 4. The van der Waals surface area contributed by atoms with E-state index >= 15 is 0 Å². The fraction of sp³-hybridized carbons (Fsp3) is 0.429. The van der Waals surface area contributed by atoms with Crippen molar-refractivity contribution in [3.05, 3.63) is 39.0 Å². The van der Waals surface area contributed by atoms with E-state index in [0.29, 0.717) is 24.5 Å². The van der Waals surface area contributed by atoms with Gasteiger partial charge in [0.25, 0.3) is 5.56 Å². The van der Waals surface area contributed by atoms with Crippen LogP contribution in [0.25, 0.3) is 10.9 Å². The number of rotatable bonds is 3. The molecule has 1 atom stereocenters. The Labute approximate surface area is 127 Å². The number of fused-ring (bicyclic) bond motifs is 1. The summed E-state index contributed by atoms with van der Waals surface area (Å²) in [5, 5.41) is 0.159. The summed E-state index contributed by atoms with van der Waals surface area (Å²) in [5.74, 6) is 0.384. The molecule has 7 nitrogen and oxygen atoms in total. The van der Waals surface area contributed by atoms with Crippen LogP contribution in [0, 0.1) is 5.92 Å². The number of sulfonamides is 1. The van der Waals surface area contributed by atoms with Crippen LogP contribution in [0.15, 0.2) is 32.7 Å². The first-order valence-electron chi connectivity index (χ1n) is 7.18. The lowest BCUT2D eigenvalue weighted by Crippen LogP contribution is -2.29. The predicted octanol–water partition coefficient (Wildman–Crippen LogP) is 0.637. The number of benzene rings is 1. The van der Waals surface area contributed by atoms with Gasteiger partial charge in [0.05, 0.1) is 15.8 Å². The first-order chi connectivity index (χ1) is 10.4. The van der Waals surface area contributed by atoms with Crippen molar-refractivity contribution in [1.29, 1.82) is 0 Å². The molecule has 0 radical (unpaired) electrons. The molecule has 1 aliphatic heterocycles. The molecule has 2 heterocycles. The van der Waals surface area contributed by atoms with Crippen molar-refractivity contribution >= 4 is 20.9 Å². The Bertz CT molecular complexity index is 929. The summed E-state index contributed by atoms with van der Waals surface area (Å²) in [6.07, 6.45) is 1.81. The lowest BCUT2D eigenvalue weighted by atomic mass is 10.1. The van der Waals surface area contributed by atoms with E-state index in [0.717, 1.165) is 12.8 Å². The van der Waals surface area contributed by atoms with Crippen LogP contribution in [0.1, 0.15) is 19.8 Å². The molecular formula is C14H17N3O4S. The van der Waals surface area contributed by atoms with Crippen LogP contribution in [-0.4, -0.2) is 35.8 Å². The highest BCUT2D eigenvalue weighted by atomic mass is 32.2. The van der Waals surface area contributed by atoms with Gasteiger partial charge in [0.2, 0.25) is 10.0 Å². The minimum Gasteiger partial charge on any atom is -0.307 e. The largest absolute Gasteiger partial charge is 0.326 e. The van der Waals surface area contributed by atoms with Crippen molar-refractivity contribution in [2.75, 3.05) is 13.1 Å². The Morgan fingerprint density at radius 2 is 2.05 bits per heavy atom. The van der Waals surface area contributed by atoms with E-state index in [2.05, 4.69) is 9.97 Å². The van der Waals surface area contributed by atoms with E-state index in [1.807, 2.05) is 6.92 Å². The molecule has 0 aliphatic carbocycles. The molecule has 2 aromatic rings. The van der Waals surface area contributed by atoms with Crippen LogP contribution in [-0.2, 0) is 10.0 Å². The summed E-state index contributed by atoms with van der Waals surface area (Å²) in [5.41, 5.74) is -0.886. The summed E-state index contributed by atoms with van der Waals surface area (Å²) >= 11 is 0. The number of hydrogen-bond donors (Lipinski definition) is 2. The van der Waals surface area contributed by atoms with Crippen LogP contribution < -0.4 is 11.2 Å². The van der Waals surface area contributed by atoms with Crippen LogP contribution in [0.3, 0.4) is 0 Å². The number of aromatic amines is 2. The quantitative estimate of drug-likeness (QED) is 0.865. The Kier molecular flexibility index (Phi) is 3.65. The van der Waals surface area contributed by atoms with Gasteiger partial charge in [0.15, 0.2) is 0 Å². The standard InChI is InChI=1S/C14H17N3O4S/c1-2-9-5-6-17(8-9)22(20,21)10-3-4-12-11(7-10)13(18)16-14(19)15-12/h3-4,7,9H,2,5-6,8H2,1H3,(H2,15,16,18,19). The summed E-state index contributed by atoms with van der Waals surface area (Å²) in [7, 11) is -3.61. The second-order valence-corrected chi connectivity index (χ2v) is 7.48. The molecule has 8 heteroatoms. The fourth-order valence-electron chi connectivity index (χ4n) is 2.80. The summed E-state index contributed by atoms with van der Waals surface area (Å²) in [4.78, 5) is 27.7. The van der Waals surface area contributed by atoms with Gasteiger partial charge in [-0.15, -0.1) is 0 Å². The van der Waals surface area contributed by atoms with Gasteiger partial charge < -0.3 is 4.98 Å². The van der Waals surface area contributed by atoms with E-state index in [1.165, 1.54) is 22.5 Å². The molecule has 1 saturated heterocycles. The fourth-order valence-corrected chi connectivity index (χ4v) is 4.36. The second kappa shape index (κ2) is 5.36. The molecule has 1 aliphatic rings. The Balaban J connectivity index is 2.06. The molecule has 1 aromatic carbocycles. The van der Waals surface area contributed by atoms with Crippen molar-refractivity contribution in [2.45, 2.75) is 24.7 Å². The molecule has 2 N–H and O–H groups in total. The summed E-state index contributed by atoms with van der Waals surface area (Å²) in [6.45, 7) is 3.06. The van der Waals surface area contributed by atoms with Gasteiger partial charge in [0, 0.05) is 13.1 Å². The molecule has 118 valence electrons. The van der Waals surface area contributed by atoms with Gasteiger partial charge in [-0.05, 0) is 30.5 Å². The topological polar surface area (TPSA) is 103 Å². The molecule has 1 fully saturated rings. The van der Waals surface area contributed by atoms with Gasteiger partial charge >= 0.3 is 5.69 Å². The Hall–Kier alpha value is -1.93. The maximum atomic E-state index is 12.7. The normalized spacial score (nSPS) is 19.8. The van der Waals surface area contributed by atoms with E-state index < -0.39 is 21.3 Å². The van der Waals surface area contributed by atoms with Gasteiger partial charge in [-0.25, -0.2) is 13.2 Å². The Morgan fingerprint density at radius 3 is 2.73 bits per heavy atom. The smallest absolute Gasteiger partial charge is 0.307 e. The van der Waals surface area contributed by atoms with Gasteiger partial charge in [-0.3, -0.25) is 9.78 Å². The lowest BCUT2D eigenvalue weighted by molar-refractivity contribution is 0.453. The molecule has 0 saturated carbocycles. The van der Waals surface area contributed by atoms with Crippen molar-refractivity contribution in [2.24, 2.45) is 5.92 Å².